The second-order valence-corrected chi connectivity index (χ2v) is 6.28. The number of alkyl halides is 2. The second kappa shape index (κ2) is 7.34. The molecule has 0 amide bonds. The van der Waals surface area contributed by atoms with Gasteiger partial charge in [0, 0.05) is 20.6 Å². The number of anilines is 1. The Labute approximate surface area is 136 Å². The van der Waals surface area contributed by atoms with Crippen LogP contribution in [0.25, 0.3) is 0 Å². The molecule has 6 heteroatoms. The van der Waals surface area contributed by atoms with Crippen molar-refractivity contribution in [3.63, 3.8) is 0 Å². The first-order valence-electron chi connectivity index (χ1n) is 6.22. The van der Waals surface area contributed by atoms with E-state index in [-0.39, 0.29) is 6.04 Å². The average Bonchev–Trinajstić information content (AvgIpc) is 2.40. The maximum atomic E-state index is 12.6. The SMILES string of the molecule is CC(Nc1ccccc1SC(F)F)c1ccc(Cl)cc1Cl. The molecule has 0 heterocycles. The van der Waals surface area contributed by atoms with Gasteiger partial charge < -0.3 is 5.32 Å². The molecule has 21 heavy (non-hydrogen) atoms. The minimum Gasteiger partial charge on any atom is -0.378 e. The van der Waals surface area contributed by atoms with E-state index in [0.717, 1.165) is 5.56 Å². The Morgan fingerprint density at radius 2 is 1.81 bits per heavy atom. The van der Waals surface area contributed by atoms with E-state index in [2.05, 4.69) is 5.32 Å². The number of halogens is 4. The van der Waals surface area contributed by atoms with Gasteiger partial charge >= 0.3 is 0 Å². The summed E-state index contributed by atoms with van der Waals surface area (Å²) in [6.45, 7) is 1.92. The molecule has 1 nitrogen and oxygen atoms in total. The van der Waals surface area contributed by atoms with E-state index in [9.17, 15) is 8.78 Å². The first kappa shape index (κ1) is 16.4. The highest BCUT2D eigenvalue weighted by atomic mass is 35.5. The Balaban J connectivity index is 2.21. The highest BCUT2D eigenvalue weighted by Crippen LogP contribution is 2.35. The molecule has 0 spiro atoms. The molecular weight excluding hydrogens is 335 g/mol. The molecule has 0 aliphatic heterocycles. The number of nitrogens with one attached hydrogen (secondary N) is 1. The zero-order chi connectivity index (χ0) is 15.4. The van der Waals surface area contributed by atoms with Gasteiger partial charge in [-0.2, -0.15) is 8.78 Å². The lowest BCUT2D eigenvalue weighted by atomic mass is 10.1. The van der Waals surface area contributed by atoms with Gasteiger partial charge in [0.05, 0.1) is 6.04 Å². The topological polar surface area (TPSA) is 12.0 Å². The summed E-state index contributed by atoms with van der Waals surface area (Å²) < 4.78 is 25.1. The fourth-order valence-electron chi connectivity index (χ4n) is 1.95. The molecular formula is C15H13Cl2F2NS. The quantitative estimate of drug-likeness (QED) is 0.621. The van der Waals surface area contributed by atoms with Crippen LogP contribution in [0.15, 0.2) is 47.4 Å². The molecule has 0 fully saturated rings. The van der Waals surface area contributed by atoms with Gasteiger partial charge in [-0.3, -0.25) is 0 Å². The normalized spacial score (nSPS) is 12.5. The van der Waals surface area contributed by atoms with Crippen LogP contribution in [-0.2, 0) is 0 Å². The summed E-state index contributed by atoms with van der Waals surface area (Å²) >= 11 is 12.6. The number of hydrogen-bond donors (Lipinski definition) is 1. The van der Waals surface area contributed by atoms with E-state index in [1.54, 1.807) is 36.4 Å². The van der Waals surface area contributed by atoms with Crippen LogP contribution in [-0.4, -0.2) is 5.76 Å². The smallest absolute Gasteiger partial charge is 0.288 e. The van der Waals surface area contributed by atoms with Crippen molar-refractivity contribution < 1.29 is 8.78 Å². The zero-order valence-electron chi connectivity index (χ0n) is 11.1. The van der Waals surface area contributed by atoms with Crippen molar-refractivity contribution >= 4 is 40.7 Å². The number of rotatable bonds is 5. The minimum absolute atomic E-state index is 0.130. The van der Waals surface area contributed by atoms with Crippen molar-refractivity contribution in [1.82, 2.24) is 0 Å². The van der Waals surface area contributed by atoms with Crippen LogP contribution in [0.4, 0.5) is 14.5 Å². The van der Waals surface area contributed by atoms with E-state index in [1.807, 2.05) is 13.0 Å². The lowest BCUT2D eigenvalue weighted by Gasteiger charge is -2.19. The Morgan fingerprint density at radius 1 is 1.10 bits per heavy atom. The lowest BCUT2D eigenvalue weighted by molar-refractivity contribution is 0.252. The fourth-order valence-corrected chi connectivity index (χ4v) is 3.12. The Hall–Kier alpha value is -0.970. The van der Waals surface area contributed by atoms with Gasteiger partial charge in [-0.1, -0.05) is 53.2 Å². The highest BCUT2D eigenvalue weighted by Gasteiger charge is 2.14. The number of benzene rings is 2. The number of hydrogen-bond acceptors (Lipinski definition) is 2. The molecule has 2 aromatic rings. The molecule has 0 aromatic heterocycles. The first-order chi connectivity index (χ1) is 9.97. The standard InChI is InChI=1S/C15H13Cl2F2NS/c1-9(11-7-6-10(16)8-12(11)17)20-13-4-2-3-5-14(13)21-15(18)19/h2-9,15,20H,1H3. The van der Waals surface area contributed by atoms with Crippen LogP contribution in [0.5, 0.6) is 0 Å². The summed E-state index contributed by atoms with van der Waals surface area (Å²) in [6.07, 6.45) is 0. The van der Waals surface area contributed by atoms with E-state index >= 15 is 0 Å². The predicted octanol–water partition coefficient (Wildman–Crippen LogP) is 6.48. The Morgan fingerprint density at radius 3 is 2.48 bits per heavy atom. The summed E-state index contributed by atoms with van der Waals surface area (Å²) in [6, 6.07) is 12.1. The maximum Gasteiger partial charge on any atom is 0.288 e. The highest BCUT2D eigenvalue weighted by molar-refractivity contribution is 7.99. The first-order valence-corrected chi connectivity index (χ1v) is 7.86. The number of para-hydroxylation sites is 1. The summed E-state index contributed by atoms with van der Waals surface area (Å²) in [5, 5.41) is 4.31. The minimum atomic E-state index is -2.46. The summed E-state index contributed by atoms with van der Waals surface area (Å²) in [4.78, 5) is 0.504. The molecule has 0 saturated heterocycles. The van der Waals surface area contributed by atoms with Gasteiger partial charge in [-0.15, -0.1) is 0 Å². The van der Waals surface area contributed by atoms with Crippen molar-refractivity contribution in [2.24, 2.45) is 0 Å². The van der Waals surface area contributed by atoms with Crippen LogP contribution in [0.1, 0.15) is 18.5 Å². The molecule has 0 saturated carbocycles. The molecule has 1 N–H and O–H groups in total. The van der Waals surface area contributed by atoms with Crippen LogP contribution < -0.4 is 5.32 Å². The van der Waals surface area contributed by atoms with Crippen LogP contribution in [0.3, 0.4) is 0 Å². The largest absolute Gasteiger partial charge is 0.378 e. The molecule has 1 unspecified atom stereocenters. The Kier molecular flexibility index (Phi) is 5.73. The third-order valence-electron chi connectivity index (χ3n) is 2.90. The third-order valence-corrected chi connectivity index (χ3v) is 4.25. The van der Waals surface area contributed by atoms with E-state index in [1.165, 1.54) is 0 Å². The number of thioether (sulfide) groups is 1. The average molecular weight is 348 g/mol. The monoisotopic (exact) mass is 347 g/mol. The summed E-state index contributed by atoms with van der Waals surface area (Å²) in [7, 11) is 0. The van der Waals surface area contributed by atoms with Crippen LogP contribution in [0.2, 0.25) is 10.0 Å². The van der Waals surface area contributed by atoms with Crippen LogP contribution in [0, 0.1) is 0 Å². The van der Waals surface area contributed by atoms with Gasteiger partial charge in [0.15, 0.2) is 0 Å². The van der Waals surface area contributed by atoms with E-state index in [4.69, 9.17) is 23.2 Å². The van der Waals surface area contributed by atoms with Crippen molar-refractivity contribution in [2.75, 3.05) is 5.32 Å². The van der Waals surface area contributed by atoms with Gasteiger partial charge in [0.1, 0.15) is 0 Å². The lowest BCUT2D eigenvalue weighted by Crippen LogP contribution is -2.08. The molecule has 112 valence electrons. The third kappa shape index (κ3) is 4.50. The van der Waals surface area contributed by atoms with Crippen molar-refractivity contribution in [3.8, 4) is 0 Å². The summed E-state index contributed by atoms with van der Waals surface area (Å²) in [5.41, 5.74) is 1.51. The molecule has 0 aliphatic rings. The summed E-state index contributed by atoms with van der Waals surface area (Å²) in [5.74, 6) is -2.46. The molecule has 1 atom stereocenters. The van der Waals surface area contributed by atoms with Crippen LogP contribution >= 0.6 is 35.0 Å². The Bertz CT molecular complexity index is 622. The predicted molar refractivity (Wildman–Crippen MR) is 86.8 cm³/mol. The molecule has 0 aliphatic carbocycles. The molecule has 0 bridgehead atoms. The van der Waals surface area contributed by atoms with Gasteiger partial charge in [0.25, 0.3) is 5.76 Å². The second-order valence-electron chi connectivity index (χ2n) is 4.41. The van der Waals surface area contributed by atoms with E-state index in [0.29, 0.717) is 32.4 Å². The molecule has 2 rings (SSSR count). The van der Waals surface area contributed by atoms with Gasteiger partial charge in [0.2, 0.25) is 0 Å². The molecule has 0 radical (unpaired) electrons. The van der Waals surface area contributed by atoms with Gasteiger partial charge in [-0.05, 0) is 36.8 Å². The van der Waals surface area contributed by atoms with Crippen molar-refractivity contribution in [1.29, 1.82) is 0 Å². The molecule has 2 aromatic carbocycles. The maximum absolute atomic E-state index is 12.6. The van der Waals surface area contributed by atoms with E-state index < -0.39 is 5.76 Å². The van der Waals surface area contributed by atoms with Crippen molar-refractivity contribution in [2.45, 2.75) is 23.6 Å². The zero-order valence-corrected chi connectivity index (χ0v) is 13.4. The fraction of sp³-hybridized carbons (Fsp3) is 0.200. The van der Waals surface area contributed by atoms with Crippen molar-refractivity contribution in [3.05, 3.63) is 58.1 Å². The van der Waals surface area contributed by atoms with Gasteiger partial charge in [-0.25, -0.2) is 0 Å².